The van der Waals surface area contributed by atoms with Gasteiger partial charge in [0.1, 0.15) is 11.2 Å². The van der Waals surface area contributed by atoms with E-state index in [2.05, 4.69) is 161 Å². The van der Waals surface area contributed by atoms with E-state index in [-0.39, 0.29) is 0 Å². The number of fused-ring (bicyclic) bond motifs is 9. The molecule has 0 atom stereocenters. The third-order valence-corrected chi connectivity index (χ3v) is 9.32. The molecule has 210 valence electrons. The summed E-state index contributed by atoms with van der Waals surface area (Å²) in [5.41, 5.74) is 11.3. The van der Waals surface area contributed by atoms with Crippen LogP contribution in [0, 0.1) is 0 Å². The summed E-state index contributed by atoms with van der Waals surface area (Å²) in [6, 6.07) is 56.5. The number of furan rings is 1. The molecule has 0 bridgehead atoms. The zero-order valence-electron chi connectivity index (χ0n) is 24.3. The SMILES string of the molecule is c1ccc(-n2c3ccccc3c3c(-n4c5ccccc5c5cccc(-c6cccc7oc8ccccc8c67)c54)cccc32)cc1. The fourth-order valence-electron chi connectivity index (χ4n) is 7.53. The second kappa shape index (κ2) is 9.22. The molecule has 0 aliphatic carbocycles. The first-order chi connectivity index (χ1) is 22.4. The van der Waals surface area contributed by atoms with E-state index >= 15 is 0 Å². The minimum absolute atomic E-state index is 0.904. The van der Waals surface area contributed by atoms with E-state index in [1.807, 2.05) is 6.07 Å². The molecule has 10 aromatic rings. The van der Waals surface area contributed by atoms with E-state index in [0.29, 0.717) is 0 Å². The standard InChI is InChI=1S/C42H26N2O/c1-2-13-27(14-3-1)43-35-22-8-5-16-32(35)41-36(43)23-12-24-37(41)44-34-21-7-4-15-28(34)30-19-10-20-31(42(30)44)29-18-11-26-39-40(29)33-17-6-9-25-38(33)45-39/h1-26H. The van der Waals surface area contributed by atoms with Crippen molar-refractivity contribution in [1.82, 2.24) is 9.13 Å². The van der Waals surface area contributed by atoms with Crippen LogP contribution in [0.1, 0.15) is 0 Å². The van der Waals surface area contributed by atoms with Crippen molar-refractivity contribution in [3.8, 4) is 22.5 Å². The van der Waals surface area contributed by atoms with Crippen molar-refractivity contribution in [2.24, 2.45) is 0 Å². The quantitative estimate of drug-likeness (QED) is 0.206. The van der Waals surface area contributed by atoms with Crippen molar-refractivity contribution in [1.29, 1.82) is 0 Å². The first-order valence-corrected chi connectivity index (χ1v) is 15.4. The van der Waals surface area contributed by atoms with Gasteiger partial charge in [0, 0.05) is 43.6 Å². The molecule has 3 heterocycles. The van der Waals surface area contributed by atoms with Gasteiger partial charge in [0.2, 0.25) is 0 Å². The number of hydrogen-bond acceptors (Lipinski definition) is 1. The number of aromatic nitrogens is 2. The van der Waals surface area contributed by atoms with Crippen LogP contribution in [-0.2, 0) is 0 Å². The van der Waals surface area contributed by atoms with Crippen molar-refractivity contribution >= 4 is 65.6 Å². The summed E-state index contributed by atoms with van der Waals surface area (Å²) < 4.78 is 11.2. The molecule has 10 rings (SSSR count). The molecule has 0 unspecified atom stereocenters. The van der Waals surface area contributed by atoms with Crippen LogP contribution in [0.3, 0.4) is 0 Å². The third kappa shape index (κ3) is 3.35. The van der Waals surface area contributed by atoms with Gasteiger partial charge in [0.05, 0.1) is 27.8 Å². The van der Waals surface area contributed by atoms with Crippen LogP contribution in [0.15, 0.2) is 162 Å². The summed E-state index contributed by atoms with van der Waals surface area (Å²) in [7, 11) is 0. The Morgan fingerprint density at radius 1 is 0.356 bits per heavy atom. The molecule has 3 heteroatoms. The van der Waals surface area contributed by atoms with Crippen LogP contribution in [0.2, 0.25) is 0 Å². The molecule has 0 amide bonds. The Bertz CT molecular complexity index is 2760. The van der Waals surface area contributed by atoms with Gasteiger partial charge in [0.25, 0.3) is 0 Å². The predicted octanol–water partition coefficient (Wildman–Crippen LogP) is 11.4. The molecule has 7 aromatic carbocycles. The minimum atomic E-state index is 0.904. The monoisotopic (exact) mass is 574 g/mol. The molecule has 0 saturated carbocycles. The molecule has 0 aliphatic heterocycles. The van der Waals surface area contributed by atoms with Crippen LogP contribution in [0.25, 0.3) is 88.1 Å². The minimum Gasteiger partial charge on any atom is -0.456 e. The Hall–Kier alpha value is -6.06. The van der Waals surface area contributed by atoms with E-state index in [4.69, 9.17) is 4.42 Å². The number of para-hydroxylation sites is 5. The van der Waals surface area contributed by atoms with Crippen molar-refractivity contribution in [3.63, 3.8) is 0 Å². The van der Waals surface area contributed by atoms with Gasteiger partial charge < -0.3 is 13.6 Å². The highest BCUT2D eigenvalue weighted by Gasteiger charge is 2.22. The van der Waals surface area contributed by atoms with Gasteiger partial charge >= 0.3 is 0 Å². The average Bonchev–Trinajstić information content (AvgIpc) is 3.76. The van der Waals surface area contributed by atoms with Crippen molar-refractivity contribution < 1.29 is 4.42 Å². The normalized spacial score (nSPS) is 12.0. The zero-order valence-corrected chi connectivity index (χ0v) is 24.3. The second-order valence-electron chi connectivity index (χ2n) is 11.7. The number of benzene rings is 7. The highest BCUT2D eigenvalue weighted by Crippen LogP contribution is 2.44. The maximum Gasteiger partial charge on any atom is 0.136 e. The van der Waals surface area contributed by atoms with E-state index in [1.54, 1.807) is 0 Å². The van der Waals surface area contributed by atoms with Crippen molar-refractivity contribution in [2.45, 2.75) is 0 Å². The van der Waals surface area contributed by atoms with Crippen LogP contribution in [0.4, 0.5) is 0 Å². The summed E-state index contributed by atoms with van der Waals surface area (Å²) in [5.74, 6) is 0. The maximum absolute atomic E-state index is 6.34. The van der Waals surface area contributed by atoms with Gasteiger partial charge in [-0.3, -0.25) is 0 Å². The van der Waals surface area contributed by atoms with Gasteiger partial charge in [-0.15, -0.1) is 0 Å². The third-order valence-electron chi connectivity index (χ3n) is 9.32. The van der Waals surface area contributed by atoms with Gasteiger partial charge in [-0.25, -0.2) is 0 Å². The number of rotatable bonds is 3. The molecular formula is C42H26N2O. The number of nitrogens with zero attached hydrogens (tertiary/aromatic N) is 2. The lowest BCUT2D eigenvalue weighted by molar-refractivity contribution is 0.669. The highest BCUT2D eigenvalue weighted by atomic mass is 16.3. The summed E-state index contributed by atoms with van der Waals surface area (Å²) in [4.78, 5) is 0. The maximum atomic E-state index is 6.34. The van der Waals surface area contributed by atoms with Crippen LogP contribution >= 0.6 is 0 Å². The molecule has 0 N–H and O–H groups in total. The largest absolute Gasteiger partial charge is 0.456 e. The predicted molar refractivity (Wildman–Crippen MR) is 188 cm³/mol. The van der Waals surface area contributed by atoms with Crippen LogP contribution < -0.4 is 0 Å². The Kier molecular flexibility index (Phi) is 5.00. The fourth-order valence-corrected chi connectivity index (χ4v) is 7.53. The second-order valence-corrected chi connectivity index (χ2v) is 11.7. The summed E-state index contributed by atoms with van der Waals surface area (Å²) >= 11 is 0. The Morgan fingerprint density at radius 2 is 0.956 bits per heavy atom. The number of hydrogen-bond donors (Lipinski definition) is 0. The van der Waals surface area contributed by atoms with Crippen molar-refractivity contribution in [2.75, 3.05) is 0 Å². The lowest BCUT2D eigenvalue weighted by Gasteiger charge is -2.14. The van der Waals surface area contributed by atoms with Gasteiger partial charge in [-0.2, -0.15) is 0 Å². The highest BCUT2D eigenvalue weighted by molar-refractivity contribution is 6.21. The zero-order chi connectivity index (χ0) is 29.5. The van der Waals surface area contributed by atoms with Gasteiger partial charge in [0.15, 0.2) is 0 Å². The van der Waals surface area contributed by atoms with Crippen LogP contribution in [-0.4, -0.2) is 9.13 Å². The molecule has 3 nitrogen and oxygen atoms in total. The van der Waals surface area contributed by atoms with E-state index < -0.39 is 0 Å². The molecule has 3 aromatic heterocycles. The molecular weight excluding hydrogens is 548 g/mol. The Morgan fingerprint density at radius 3 is 1.82 bits per heavy atom. The van der Waals surface area contributed by atoms with Gasteiger partial charge in [-0.1, -0.05) is 109 Å². The first kappa shape index (κ1) is 24.4. The topological polar surface area (TPSA) is 23.0 Å². The summed E-state index contributed by atoms with van der Waals surface area (Å²) in [6.45, 7) is 0. The van der Waals surface area contributed by atoms with Crippen molar-refractivity contribution in [3.05, 3.63) is 158 Å². The molecule has 0 aliphatic rings. The lowest BCUT2D eigenvalue weighted by atomic mass is 9.97. The van der Waals surface area contributed by atoms with E-state index in [0.717, 1.165) is 27.6 Å². The van der Waals surface area contributed by atoms with Gasteiger partial charge in [-0.05, 0) is 54.1 Å². The Labute approximate surface area is 258 Å². The van der Waals surface area contributed by atoms with E-state index in [9.17, 15) is 0 Å². The molecule has 0 fully saturated rings. The molecule has 0 saturated heterocycles. The van der Waals surface area contributed by atoms with Crippen LogP contribution in [0.5, 0.6) is 0 Å². The summed E-state index contributed by atoms with van der Waals surface area (Å²) in [5, 5.41) is 7.23. The summed E-state index contributed by atoms with van der Waals surface area (Å²) in [6.07, 6.45) is 0. The first-order valence-electron chi connectivity index (χ1n) is 15.4. The molecule has 0 spiro atoms. The fraction of sp³-hybridized carbons (Fsp3) is 0. The lowest BCUT2D eigenvalue weighted by Crippen LogP contribution is -1.97. The molecule has 45 heavy (non-hydrogen) atoms. The van der Waals surface area contributed by atoms with E-state index in [1.165, 1.54) is 60.4 Å². The smallest absolute Gasteiger partial charge is 0.136 e. The average molecular weight is 575 g/mol. The molecule has 0 radical (unpaired) electrons. The Balaban J connectivity index is 1.39.